The first kappa shape index (κ1) is 25.8. The van der Waals surface area contributed by atoms with E-state index >= 15 is 0 Å². The zero-order valence-corrected chi connectivity index (χ0v) is 21.2. The van der Waals surface area contributed by atoms with Crippen molar-refractivity contribution in [2.75, 3.05) is 0 Å². The van der Waals surface area contributed by atoms with Crippen molar-refractivity contribution in [3.8, 4) is 11.1 Å². The van der Waals surface area contributed by atoms with Crippen LogP contribution in [-0.4, -0.2) is 0 Å². The van der Waals surface area contributed by atoms with Gasteiger partial charge in [0, 0.05) is 5.56 Å². The van der Waals surface area contributed by atoms with Crippen molar-refractivity contribution in [1.29, 1.82) is 0 Å². The maximum Gasteiger partial charge on any atom is 0.145 e. The summed E-state index contributed by atoms with van der Waals surface area (Å²) in [7, 11) is 0. The Morgan fingerprint density at radius 3 is 1.66 bits per heavy atom. The van der Waals surface area contributed by atoms with Gasteiger partial charge in [0.25, 0.3) is 0 Å². The molecule has 1 saturated carbocycles. The number of hydrogen-bond donors (Lipinski definition) is 0. The molecule has 0 saturated heterocycles. The highest BCUT2D eigenvalue weighted by Crippen LogP contribution is 2.35. The number of hydrogen-bond acceptors (Lipinski definition) is 0. The standard InChI is InChI=1S/C31H34ClF3/c1-2-3-21-4-6-22(7-5-21)8-9-23-10-12-24(13-11-23)14-15-25-16-17-27(28(33)18-25)26-19-29(34)31(32)30(35)20-26/h4-7,16-20,23-24H,2-3,8-15H2,1H3/t23-,24-. The van der Waals surface area contributed by atoms with E-state index in [1.54, 1.807) is 6.07 Å². The predicted octanol–water partition coefficient (Wildman–Crippen LogP) is 9.75. The van der Waals surface area contributed by atoms with Gasteiger partial charge in [-0.1, -0.05) is 87.0 Å². The fraction of sp³-hybridized carbons (Fsp3) is 0.419. The number of rotatable bonds is 9. The first-order chi connectivity index (χ1) is 16.9. The average Bonchev–Trinajstić information content (AvgIpc) is 2.86. The molecule has 0 radical (unpaired) electrons. The smallest absolute Gasteiger partial charge is 0.145 e. The van der Waals surface area contributed by atoms with Crippen LogP contribution in [0.5, 0.6) is 0 Å². The summed E-state index contributed by atoms with van der Waals surface area (Å²) in [4.78, 5) is 0. The molecule has 0 aromatic heterocycles. The van der Waals surface area contributed by atoms with Gasteiger partial charge in [-0.3, -0.25) is 0 Å². The highest BCUT2D eigenvalue weighted by Gasteiger charge is 2.21. The third-order valence-electron chi connectivity index (χ3n) is 7.54. The summed E-state index contributed by atoms with van der Waals surface area (Å²) in [6.45, 7) is 2.22. The fourth-order valence-corrected chi connectivity index (χ4v) is 5.48. The normalized spacial score (nSPS) is 18.1. The second-order valence-electron chi connectivity index (χ2n) is 10.1. The Morgan fingerprint density at radius 2 is 1.14 bits per heavy atom. The quantitative estimate of drug-likeness (QED) is 0.257. The Kier molecular flexibility index (Phi) is 8.94. The summed E-state index contributed by atoms with van der Waals surface area (Å²) in [5.74, 6) is -0.744. The molecule has 0 spiro atoms. The van der Waals surface area contributed by atoms with Gasteiger partial charge in [-0.25, -0.2) is 13.2 Å². The van der Waals surface area contributed by atoms with E-state index in [9.17, 15) is 13.2 Å². The van der Waals surface area contributed by atoms with E-state index in [1.807, 2.05) is 6.07 Å². The van der Waals surface area contributed by atoms with Gasteiger partial charge in [0.05, 0.1) is 0 Å². The van der Waals surface area contributed by atoms with Crippen LogP contribution in [0.15, 0.2) is 54.6 Å². The molecule has 0 unspecified atom stereocenters. The lowest BCUT2D eigenvalue weighted by Crippen LogP contribution is -2.15. The lowest BCUT2D eigenvalue weighted by molar-refractivity contribution is 0.253. The fourth-order valence-electron chi connectivity index (χ4n) is 5.37. The molecule has 35 heavy (non-hydrogen) atoms. The van der Waals surface area contributed by atoms with Gasteiger partial charge in [-0.15, -0.1) is 0 Å². The highest BCUT2D eigenvalue weighted by molar-refractivity contribution is 6.31. The molecule has 0 amide bonds. The zero-order chi connectivity index (χ0) is 24.8. The van der Waals surface area contributed by atoms with Crippen molar-refractivity contribution >= 4 is 11.6 Å². The van der Waals surface area contributed by atoms with Crippen molar-refractivity contribution in [2.24, 2.45) is 11.8 Å². The minimum atomic E-state index is -0.884. The van der Waals surface area contributed by atoms with Crippen molar-refractivity contribution < 1.29 is 13.2 Å². The van der Waals surface area contributed by atoms with E-state index in [2.05, 4.69) is 31.2 Å². The van der Waals surface area contributed by atoms with Gasteiger partial charge in [-0.2, -0.15) is 0 Å². The lowest BCUT2D eigenvalue weighted by Gasteiger charge is -2.28. The summed E-state index contributed by atoms with van der Waals surface area (Å²) >= 11 is 5.54. The van der Waals surface area contributed by atoms with Crippen molar-refractivity contribution in [1.82, 2.24) is 0 Å². The van der Waals surface area contributed by atoms with Crippen molar-refractivity contribution in [2.45, 2.75) is 71.1 Å². The van der Waals surface area contributed by atoms with Crippen LogP contribution >= 0.6 is 11.6 Å². The third-order valence-corrected chi connectivity index (χ3v) is 7.90. The number of aryl methyl sites for hydroxylation is 3. The van der Waals surface area contributed by atoms with Crippen LogP contribution < -0.4 is 0 Å². The van der Waals surface area contributed by atoms with Crippen molar-refractivity contribution in [3.63, 3.8) is 0 Å². The predicted molar refractivity (Wildman–Crippen MR) is 139 cm³/mol. The van der Waals surface area contributed by atoms with Crippen LogP contribution in [-0.2, 0) is 19.3 Å². The van der Waals surface area contributed by atoms with E-state index < -0.39 is 22.5 Å². The van der Waals surface area contributed by atoms with Crippen LogP contribution in [0.2, 0.25) is 5.02 Å². The molecular weight excluding hydrogens is 465 g/mol. The van der Waals surface area contributed by atoms with Crippen LogP contribution in [0.25, 0.3) is 11.1 Å². The second-order valence-corrected chi connectivity index (χ2v) is 10.5. The Hall–Kier alpha value is -2.26. The van der Waals surface area contributed by atoms with E-state index in [-0.39, 0.29) is 11.1 Å². The molecule has 0 atom stereocenters. The van der Waals surface area contributed by atoms with Crippen LogP contribution in [0.3, 0.4) is 0 Å². The molecule has 0 N–H and O–H groups in total. The second kappa shape index (κ2) is 12.1. The Bertz CT molecular complexity index is 1090. The van der Waals surface area contributed by atoms with E-state index in [0.29, 0.717) is 5.92 Å². The molecule has 1 aliphatic rings. The lowest BCUT2D eigenvalue weighted by atomic mass is 9.77. The molecule has 3 aromatic rings. The SMILES string of the molecule is CCCc1ccc(CC[C@H]2CC[C@H](CCc3ccc(-c4cc(F)c(Cl)c(F)c4)c(F)c3)CC2)cc1. The number of halogens is 4. The van der Waals surface area contributed by atoms with Gasteiger partial charge < -0.3 is 0 Å². The van der Waals surface area contributed by atoms with Gasteiger partial charge in [0.15, 0.2) is 0 Å². The molecule has 0 bridgehead atoms. The van der Waals surface area contributed by atoms with E-state index in [0.717, 1.165) is 49.3 Å². The average molecular weight is 499 g/mol. The minimum absolute atomic E-state index is 0.156. The first-order valence-electron chi connectivity index (χ1n) is 12.9. The topological polar surface area (TPSA) is 0 Å². The van der Waals surface area contributed by atoms with Crippen LogP contribution in [0, 0.1) is 29.3 Å². The Morgan fingerprint density at radius 1 is 0.657 bits per heavy atom. The summed E-state index contributed by atoms with van der Waals surface area (Å²) in [6, 6.07) is 16.2. The molecule has 4 rings (SSSR count). The zero-order valence-electron chi connectivity index (χ0n) is 20.4. The summed E-state index contributed by atoms with van der Waals surface area (Å²) in [5.41, 5.74) is 4.14. The summed E-state index contributed by atoms with van der Waals surface area (Å²) < 4.78 is 42.3. The highest BCUT2D eigenvalue weighted by atomic mass is 35.5. The summed E-state index contributed by atoms with van der Waals surface area (Å²) in [5, 5.41) is -0.568. The molecule has 4 heteroatoms. The maximum atomic E-state index is 14.7. The maximum absolute atomic E-state index is 14.7. The molecule has 1 fully saturated rings. The molecule has 0 heterocycles. The van der Waals surface area contributed by atoms with Gasteiger partial charge >= 0.3 is 0 Å². The van der Waals surface area contributed by atoms with Gasteiger partial charge in [0.2, 0.25) is 0 Å². The molecule has 1 aliphatic carbocycles. The Balaban J connectivity index is 1.23. The van der Waals surface area contributed by atoms with Crippen molar-refractivity contribution in [3.05, 3.63) is 93.8 Å². The molecule has 186 valence electrons. The minimum Gasteiger partial charge on any atom is -0.206 e. The molecule has 0 aliphatic heterocycles. The van der Waals surface area contributed by atoms with Crippen LogP contribution in [0.4, 0.5) is 13.2 Å². The van der Waals surface area contributed by atoms with Gasteiger partial charge in [-0.05, 0) is 84.4 Å². The van der Waals surface area contributed by atoms with Crippen LogP contribution in [0.1, 0.15) is 68.6 Å². The number of benzene rings is 3. The third kappa shape index (κ3) is 6.91. The van der Waals surface area contributed by atoms with Gasteiger partial charge in [0.1, 0.15) is 22.5 Å². The molecule has 0 nitrogen and oxygen atoms in total. The summed E-state index contributed by atoms with van der Waals surface area (Å²) in [6.07, 6.45) is 11.7. The molecular formula is C31H34ClF3. The molecule has 3 aromatic carbocycles. The largest absolute Gasteiger partial charge is 0.206 e. The van der Waals surface area contributed by atoms with E-state index in [4.69, 9.17) is 11.6 Å². The first-order valence-corrected chi connectivity index (χ1v) is 13.3. The monoisotopic (exact) mass is 498 g/mol. The van der Waals surface area contributed by atoms with E-state index in [1.165, 1.54) is 55.7 Å². The Labute approximate surface area is 212 Å².